The van der Waals surface area contributed by atoms with Crippen molar-refractivity contribution in [2.75, 3.05) is 13.1 Å². The van der Waals surface area contributed by atoms with Crippen LogP contribution in [0.5, 0.6) is 0 Å². The fraction of sp³-hybridized carbons (Fsp3) is 0.615. The summed E-state index contributed by atoms with van der Waals surface area (Å²) in [4.78, 5) is 4.81. The Morgan fingerprint density at radius 1 is 1.59 bits per heavy atom. The number of nitrogens with zero attached hydrogens (tertiary/aromatic N) is 1. The van der Waals surface area contributed by atoms with Gasteiger partial charge in [-0.15, -0.1) is 11.3 Å². The molecule has 0 radical (unpaired) electrons. The van der Waals surface area contributed by atoms with Crippen molar-refractivity contribution < 1.29 is 0 Å². The van der Waals surface area contributed by atoms with E-state index in [-0.39, 0.29) is 0 Å². The minimum absolute atomic E-state index is 0.579. The van der Waals surface area contributed by atoms with E-state index in [0.717, 1.165) is 12.8 Å². The fourth-order valence-corrected chi connectivity index (χ4v) is 3.59. The summed E-state index contributed by atoms with van der Waals surface area (Å²) in [5, 5.41) is 2.22. The molecule has 1 aliphatic heterocycles. The van der Waals surface area contributed by atoms with Gasteiger partial charge in [0.15, 0.2) is 0 Å². The topological polar surface area (TPSA) is 29.3 Å². The van der Waals surface area contributed by atoms with Crippen LogP contribution in [-0.4, -0.2) is 23.0 Å². The number of unbranched alkanes of at least 4 members (excludes halogenated alkanes) is 1. The molecule has 0 saturated heterocycles. The van der Waals surface area contributed by atoms with Crippen molar-refractivity contribution in [2.45, 2.75) is 38.6 Å². The lowest BCUT2D eigenvalue weighted by atomic mass is 10.0. The molecule has 94 valence electrons. The first-order chi connectivity index (χ1) is 8.18. The van der Waals surface area contributed by atoms with E-state index in [2.05, 4.69) is 23.3 Å². The summed E-state index contributed by atoms with van der Waals surface area (Å²) in [6, 6.07) is 2.86. The highest BCUT2D eigenvalue weighted by Gasteiger charge is 2.23. The van der Waals surface area contributed by atoms with Crippen molar-refractivity contribution in [1.82, 2.24) is 4.90 Å². The highest BCUT2D eigenvalue weighted by molar-refractivity contribution is 7.80. The van der Waals surface area contributed by atoms with Gasteiger partial charge in [0, 0.05) is 17.5 Å². The van der Waals surface area contributed by atoms with Gasteiger partial charge in [0.1, 0.15) is 0 Å². The highest BCUT2D eigenvalue weighted by Crippen LogP contribution is 2.32. The molecule has 2 N–H and O–H groups in total. The van der Waals surface area contributed by atoms with Crippen molar-refractivity contribution in [2.24, 2.45) is 5.73 Å². The Labute approximate surface area is 113 Å². The summed E-state index contributed by atoms with van der Waals surface area (Å²) in [6.07, 6.45) is 4.42. The first kappa shape index (κ1) is 13.0. The normalized spacial score (nSPS) is 20.2. The molecular formula is C13H20N2S2. The minimum Gasteiger partial charge on any atom is -0.393 e. The summed E-state index contributed by atoms with van der Waals surface area (Å²) in [6.45, 7) is 4.68. The molecule has 0 amide bonds. The van der Waals surface area contributed by atoms with Crippen molar-refractivity contribution >= 4 is 28.5 Å². The molecule has 1 aromatic heterocycles. The predicted molar refractivity (Wildman–Crippen MR) is 78.6 cm³/mol. The zero-order chi connectivity index (χ0) is 12.3. The van der Waals surface area contributed by atoms with E-state index < -0.39 is 0 Å². The molecule has 2 rings (SSSR count). The van der Waals surface area contributed by atoms with Crippen LogP contribution in [0.2, 0.25) is 0 Å². The third-order valence-corrected chi connectivity index (χ3v) is 4.72. The Bertz CT molecular complexity index is 387. The monoisotopic (exact) mass is 268 g/mol. The van der Waals surface area contributed by atoms with Gasteiger partial charge in [0.25, 0.3) is 0 Å². The standard InChI is InChI=1S/C13H20N2S2/c1-10-11-6-9-17-12(11)5-8-15(10)7-3-2-4-13(14)16/h6,9-10H,2-5,7-8H2,1H3,(H2,14,16). The summed E-state index contributed by atoms with van der Waals surface area (Å²) >= 11 is 6.80. The molecule has 0 bridgehead atoms. The molecule has 0 spiro atoms. The Morgan fingerprint density at radius 2 is 2.41 bits per heavy atom. The van der Waals surface area contributed by atoms with Crippen LogP contribution in [0, 0.1) is 0 Å². The van der Waals surface area contributed by atoms with Crippen LogP contribution in [0.4, 0.5) is 0 Å². The molecule has 2 nitrogen and oxygen atoms in total. The zero-order valence-corrected chi connectivity index (χ0v) is 11.9. The van der Waals surface area contributed by atoms with Crippen LogP contribution in [-0.2, 0) is 6.42 Å². The number of thiophene rings is 1. The molecular weight excluding hydrogens is 248 g/mol. The molecule has 1 aromatic rings. The highest BCUT2D eigenvalue weighted by atomic mass is 32.1. The van der Waals surface area contributed by atoms with Gasteiger partial charge in [0.2, 0.25) is 0 Å². The van der Waals surface area contributed by atoms with Crippen LogP contribution >= 0.6 is 23.6 Å². The van der Waals surface area contributed by atoms with Crippen LogP contribution in [0.25, 0.3) is 0 Å². The average Bonchev–Trinajstić information content (AvgIpc) is 2.75. The van der Waals surface area contributed by atoms with E-state index in [1.54, 1.807) is 4.88 Å². The number of nitrogens with two attached hydrogens (primary N) is 1. The number of hydrogen-bond acceptors (Lipinski definition) is 3. The fourth-order valence-electron chi connectivity index (χ4n) is 2.48. The van der Waals surface area contributed by atoms with E-state index in [4.69, 9.17) is 18.0 Å². The van der Waals surface area contributed by atoms with Gasteiger partial charge < -0.3 is 5.73 Å². The second-order valence-corrected chi connectivity index (χ2v) is 6.21. The first-order valence-corrected chi connectivity index (χ1v) is 7.56. The van der Waals surface area contributed by atoms with Gasteiger partial charge in [-0.05, 0) is 56.2 Å². The molecule has 2 heterocycles. The van der Waals surface area contributed by atoms with E-state index >= 15 is 0 Å². The van der Waals surface area contributed by atoms with Gasteiger partial charge >= 0.3 is 0 Å². The molecule has 0 fully saturated rings. The van der Waals surface area contributed by atoms with Crippen molar-refractivity contribution in [3.8, 4) is 0 Å². The Morgan fingerprint density at radius 3 is 3.18 bits per heavy atom. The second-order valence-electron chi connectivity index (χ2n) is 4.68. The maximum atomic E-state index is 5.51. The van der Waals surface area contributed by atoms with Gasteiger partial charge in [-0.2, -0.15) is 0 Å². The van der Waals surface area contributed by atoms with E-state index in [1.165, 1.54) is 31.5 Å². The molecule has 0 saturated carbocycles. The zero-order valence-electron chi connectivity index (χ0n) is 10.3. The molecule has 0 aliphatic carbocycles. The molecule has 17 heavy (non-hydrogen) atoms. The summed E-state index contributed by atoms with van der Waals surface area (Å²) in [5.74, 6) is 0. The Kier molecular flexibility index (Phi) is 4.54. The predicted octanol–water partition coefficient (Wildman–Crippen LogP) is 3.12. The third-order valence-electron chi connectivity index (χ3n) is 3.52. The van der Waals surface area contributed by atoms with Gasteiger partial charge in [0.05, 0.1) is 4.99 Å². The molecule has 4 heteroatoms. The Balaban J connectivity index is 1.81. The molecule has 1 aliphatic rings. The molecule has 0 aromatic carbocycles. The number of hydrogen-bond donors (Lipinski definition) is 1. The van der Waals surface area contributed by atoms with E-state index in [9.17, 15) is 0 Å². The summed E-state index contributed by atoms with van der Waals surface area (Å²) in [7, 11) is 0. The van der Waals surface area contributed by atoms with Crippen LogP contribution < -0.4 is 5.73 Å². The summed E-state index contributed by atoms with van der Waals surface area (Å²) in [5.41, 5.74) is 7.05. The largest absolute Gasteiger partial charge is 0.393 e. The van der Waals surface area contributed by atoms with Crippen molar-refractivity contribution in [3.05, 3.63) is 21.9 Å². The Hall–Kier alpha value is -0.450. The van der Waals surface area contributed by atoms with Crippen LogP contribution in [0.1, 0.15) is 42.7 Å². The quantitative estimate of drug-likeness (QED) is 0.657. The maximum Gasteiger partial charge on any atom is 0.0727 e. The molecule has 1 atom stereocenters. The third kappa shape index (κ3) is 3.27. The van der Waals surface area contributed by atoms with E-state index in [0.29, 0.717) is 11.0 Å². The smallest absolute Gasteiger partial charge is 0.0727 e. The van der Waals surface area contributed by atoms with Crippen LogP contribution in [0.15, 0.2) is 11.4 Å². The lowest BCUT2D eigenvalue weighted by Gasteiger charge is -2.33. The summed E-state index contributed by atoms with van der Waals surface area (Å²) < 4.78 is 0. The van der Waals surface area contributed by atoms with Crippen molar-refractivity contribution in [3.63, 3.8) is 0 Å². The number of thiocarbonyl (C=S) groups is 1. The maximum absolute atomic E-state index is 5.51. The number of fused-ring (bicyclic) bond motifs is 1. The SMILES string of the molecule is CC1c2ccsc2CCN1CCCCC(N)=S. The van der Waals surface area contributed by atoms with Gasteiger partial charge in [-0.25, -0.2) is 0 Å². The number of rotatable bonds is 5. The molecule has 1 unspecified atom stereocenters. The average molecular weight is 268 g/mol. The van der Waals surface area contributed by atoms with E-state index in [1.807, 2.05) is 11.3 Å². The van der Waals surface area contributed by atoms with Crippen LogP contribution in [0.3, 0.4) is 0 Å². The van der Waals surface area contributed by atoms with Crippen molar-refractivity contribution in [1.29, 1.82) is 0 Å². The lowest BCUT2D eigenvalue weighted by Crippen LogP contribution is -2.34. The minimum atomic E-state index is 0.579. The van der Waals surface area contributed by atoms with Gasteiger partial charge in [-0.3, -0.25) is 4.90 Å². The lowest BCUT2D eigenvalue weighted by molar-refractivity contribution is 0.197. The van der Waals surface area contributed by atoms with Gasteiger partial charge in [-0.1, -0.05) is 12.2 Å². The first-order valence-electron chi connectivity index (χ1n) is 6.27. The second kappa shape index (κ2) is 5.94.